The van der Waals surface area contributed by atoms with Crippen molar-refractivity contribution in [2.75, 3.05) is 20.1 Å². The van der Waals surface area contributed by atoms with Crippen LogP contribution in [0.4, 0.5) is 0 Å². The highest BCUT2D eigenvalue weighted by Gasteiger charge is 2.32. The van der Waals surface area contributed by atoms with Crippen molar-refractivity contribution in [3.8, 4) is 0 Å². The predicted octanol–water partition coefficient (Wildman–Crippen LogP) is 0.722. The van der Waals surface area contributed by atoms with Crippen LogP contribution in [0.5, 0.6) is 0 Å². The van der Waals surface area contributed by atoms with Gasteiger partial charge < -0.3 is 15.0 Å². The van der Waals surface area contributed by atoms with Crippen LogP contribution in [0.3, 0.4) is 0 Å². The Kier molecular flexibility index (Phi) is 3.92. The van der Waals surface area contributed by atoms with Gasteiger partial charge in [-0.1, -0.05) is 24.3 Å². The zero-order chi connectivity index (χ0) is 14.8. The lowest BCUT2D eigenvalue weighted by Gasteiger charge is -2.25. The minimum atomic E-state index is -0.224. The average molecular weight is 288 g/mol. The number of amides is 2. The van der Waals surface area contributed by atoms with Crippen LogP contribution in [0.2, 0.25) is 0 Å². The zero-order valence-electron chi connectivity index (χ0n) is 12.2. The van der Waals surface area contributed by atoms with E-state index in [4.69, 9.17) is 4.74 Å². The minimum absolute atomic E-state index is 0.0127. The molecule has 2 atom stereocenters. The average Bonchev–Trinajstić information content (AvgIpc) is 2.84. The number of hydrogen-bond donors (Lipinski definition) is 1. The number of hydrogen-bond acceptors (Lipinski definition) is 3. The van der Waals surface area contributed by atoms with Gasteiger partial charge >= 0.3 is 0 Å². The fourth-order valence-corrected chi connectivity index (χ4v) is 2.94. The van der Waals surface area contributed by atoms with Crippen LogP contribution in [0, 0.1) is 5.92 Å². The van der Waals surface area contributed by atoms with Crippen LogP contribution in [0.1, 0.15) is 17.5 Å². The van der Waals surface area contributed by atoms with Gasteiger partial charge in [0.15, 0.2) is 0 Å². The molecule has 5 nitrogen and oxygen atoms in total. The summed E-state index contributed by atoms with van der Waals surface area (Å²) in [6.07, 6.45) is 1.15. The van der Waals surface area contributed by atoms with Crippen LogP contribution in [0.25, 0.3) is 0 Å². The monoisotopic (exact) mass is 288 g/mol. The Balaban J connectivity index is 1.50. The molecule has 2 heterocycles. The first-order valence-corrected chi connectivity index (χ1v) is 7.33. The van der Waals surface area contributed by atoms with Gasteiger partial charge in [0.2, 0.25) is 11.8 Å². The van der Waals surface area contributed by atoms with E-state index in [2.05, 4.69) is 17.4 Å². The molecule has 1 aromatic rings. The summed E-state index contributed by atoms with van der Waals surface area (Å²) < 4.78 is 5.77. The van der Waals surface area contributed by atoms with Crippen LogP contribution in [-0.2, 0) is 27.4 Å². The topological polar surface area (TPSA) is 58.6 Å². The molecule has 1 aromatic carbocycles. The maximum Gasteiger partial charge on any atom is 0.225 e. The molecule has 21 heavy (non-hydrogen) atoms. The third kappa shape index (κ3) is 3.08. The number of nitrogens with one attached hydrogen (secondary N) is 1. The van der Waals surface area contributed by atoms with Crippen molar-refractivity contribution >= 4 is 11.8 Å². The summed E-state index contributed by atoms with van der Waals surface area (Å²) in [6.45, 7) is 1.61. The molecule has 0 bridgehead atoms. The maximum absolute atomic E-state index is 12.1. The molecular formula is C16H20N2O3. The Morgan fingerprint density at radius 1 is 1.33 bits per heavy atom. The molecule has 3 rings (SSSR count). The first kappa shape index (κ1) is 14.1. The van der Waals surface area contributed by atoms with E-state index in [1.807, 2.05) is 12.1 Å². The third-order valence-electron chi connectivity index (χ3n) is 4.26. The molecule has 1 N–H and O–H groups in total. The Labute approximate surface area is 124 Å². The van der Waals surface area contributed by atoms with Gasteiger partial charge in [-0.05, 0) is 11.1 Å². The van der Waals surface area contributed by atoms with Crippen molar-refractivity contribution in [1.29, 1.82) is 0 Å². The highest BCUT2D eigenvalue weighted by Crippen LogP contribution is 2.20. The molecule has 0 aromatic heterocycles. The molecule has 1 saturated heterocycles. The van der Waals surface area contributed by atoms with Crippen molar-refractivity contribution in [1.82, 2.24) is 10.2 Å². The highest BCUT2D eigenvalue weighted by atomic mass is 16.5. The smallest absolute Gasteiger partial charge is 0.225 e. The van der Waals surface area contributed by atoms with E-state index >= 15 is 0 Å². The largest absolute Gasteiger partial charge is 0.371 e. The van der Waals surface area contributed by atoms with Gasteiger partial charge in [0.1, 0.15) is 0 Å². The van der Waals surface area contributed by atoms with Gasteiger partial charge in [-0.15, -0.1) is 0 Å². The summed E-state index contributed by atoms with van der Waals surface area (Å²) in [5.41, 5.74) is 2.52. The number of benzene rings is 1. The molecule has 0 aliphatic carbocycles. The number of nitrogens with zero attached hydrogens (tertiary/aromatic N) is 1. The molecule has 2 amide bonds. The highest BCUT2D eigenvalue weighted by molar-refractivity contribution is 5.89. The van der Waals surface area contributed by atoms with Gasteiger partial charge in [-0.25, -0.2) is 0 Å². The summed E-state index contributed by atoms with van der Waals surface area (Å²) in [4.78, 5) is 25.1. The lowest BCUT2D eigenvalue weighted by Crippen LogP contribution is -2.40. The van der Waals surface area contributed by atoms with E-state index in [0.717, 1.165) is 6.42 Å². The normalized spacial score (nSPS) is 24.8. The lowest BCUT2D eigenvalue weighted by molar-refractivity contribution is -0.128. The molecule has 0 spiro atoms. The number of rotatable bonds is 3. The Bertz CT molecular complexity index is 558. The second-order valence-electron chi connectivity index (χ2n) is 5.83. The standard InChI is InChI=1S/C16H20N2O3/c1-18-9-13(7-15(18)19)16(20)17-8-14-6-11-4-2-3-5-12(11)10-21-14/h2-5,13-14H,6-10H2,1H3,(H,17,20). The van der Waals surface area contributed by atoms with Gasteiger partial charge in [0.05, 0.1) is 18.6 Å². The van der Waals surface area contributed by atoms with E-state index < -0.39 is 0 Å². The summed E-state index contributed by atoms with van der Waals surface area (Å²) >= 11 is 0. The lowest BCUT2D eigenvalue weighted by atomic mass is 9.99. The molecule has 0 saturated carbocycles. The fourth-order valence-electron chi connectivity index (χ4n) is 2.94. The summed E-state index contributed by atoms with van der Waals surface area (Å²) in [5.74, 6) is -0.230. The minimum Gasteiger partial charge on any atom is -0.371 e. The van der Waals surface area contributed by atoms with Crippen molar-refractivity contribution in [2.24, 2.45) is 5.92 Å². The van der Waals surface area contributed by atoms with Gasteiger partial charge in [-0.3, -0.25) is 9.59 Å². The number of fused-ring (bicyclic) bond motifs is 1. The van der Waals surface area contributed by atoms with Crippen molar-refractivity contribution < 1.29 is 14.3 Å². The molecule has 2 unspecified atom stereocenters. The molecule has 2 aliphatic rings. The van der Waals surface area contributed by atoms with Crippen molar-refractivity contribution in [2.45, 2.75) is 25.6 Å². The third-order valence-corrected chi connectivity index (χ3v) is 4.26. The second kappa shape index (κ2) is 5.85. The van der Waals surface area contributed by atoms with Crippen LogP contribution in [0.15, 0.2) is 24.3 Å². The Morgan fingerprint density at radius 3 is 2.81 bits per heavy atom. The number of carbonyl (C=O) groups excluding carboxylic acids is 2. The quantitative estimate of drug-likeness (QED) is 0.891. The van der Waals surface area contributed by atoms with E-state index in [9.17, 15) is 9.59 Å². The van der Waals surface area contributed by atoms with Crippen LogP contribution >= 0.6 is 0 Å². The van der Waals surface area contributed by atoms with Crippen LogP contribution < -0.4 is 5.32 Å². The molecule has 112 valence electrons. The number of carbonyl (C=O) groups is 2. The van der Waals surface area contributed by atoms with Gasteiger partial charge in [0, 0.05) is 33.0 Å². The summed E-state index contributed by atoms with van der Waals surface area (Å²) in [5, 5.41) is 2.92. The fraction of sp³-hybridized carbons (Fsp3) is 0.500. The Morgan fingerprint density at radius 2 is 2.10 bits per heavy atom. The van der Waals surface area contributed by atoms with Crippen LogP contribution in [-0.4, -0.2) is 43.0 Å². The summed E-state index contributed by atoms with van der Waals surface area (Å²) in [6, 6.07) is 8.22. The molecule has 5 heteroatoms. The van der Waals surface area contributed by atoms with E-state index in [-0.39, 0.29) is 23.8 Å². The maximum atomic E-state index is 12.1. The number of ether oxygens (including phenoxy) is 1. The zero-order valence-corrected chi connectivity index (χ0v) is 12.2. The first-order chi connectivity index (χ1) is 10.1. The molecule has 2 aliphatic heterocycles. The molecule has 0 radical (unpaired) electrons. The van der Waals surface area contributed by atoms with E-state index in [1.165, 1.54) is 11.1 Å². The van der Waals surface area contributed by atoms with Crippen molar-refractivity contribution in [3.63, 3.8) is 0 Å². The van der Waals surface area contributed by atoms with E-state index in [0.29, 0.717) is 26.1 Å². The van der Waals surface area contributed by atoms with E-state index in [1.54, 1.807) is 11.9 Å². The van der Waals surface area contributed by atoms with Gasteiger partial charge in [-0.2, -0.15) is 0 Å². The summed E-state index contributed by atoms with van der Waals surface area (Å²) in [7, 11) is 1.73. The molecular weight excluding hydrogens is 268 g/mol. The molecule has 1 fully saturated rings. The SMILES string of the molecule is CN1CC(C(=O)NCC2Cc3ccccc3CO2)CC1=O. The number of likely N-dealkylation sites (tertiary alicyclic amines) is 1. The van der Waals surface area contributed by atoms with Gasteiger partial charge in [0.25, 0.3) is 0 Å². The Hall–Kier alpha value is -1.88. The van der Waals surface area contributed by atoms with Crippen molar-refractivity contribution in [3.05, 3.63) is 35.4 Å². The predicted molar refractivity (Wildman–Crippen MR) is 77.5 cm³/mol. The first-order valence-electron chi connectivity index (χ1n) is 7.33. The second-order valence-corrected chi connectivity index (χ2v) is 5.83.